The molecule has 0 saturated heterocycles. The van der Waals surface area contributed by atoms with Crippen LogP contribution < -0.4 is 10.2 Å². The number of anilines is 1. The van der Waals surface area contributed by atoms with Crippen molar-refractivity contribution in [3.05, 3.63) is 64.7 Å². The van der Waals surface area contributed by atoms with Crippen molar-refractivity contribution in [3.8, 4) is 0 Å². The molecule has 0 radical (unpaired) electrons. The molecule has 25 heavy (non-hydrogen) atoms. The van der Waals surface area contributed by atoms with Crippen molar-refractivity contribution in [2.45, 2.75) is 39.2 Å². The molecule has 0 saturated carbocycles. The Morgan fingerprint density at radius 3 is 2.44 bits per heavy atom. The topological polar surface area (TPSA) is 49.4 Å². The average molecular weight is 336 g/mol. The molecule has 1 N–H and O–H groups in total. The third kappa shape index (κ3) is 3.58. The van der Waals surface area contributed by atoms with Crippen molar-refractivity contribution in [1.82, 2.24) is 5.32 Å². The zero-order valence-electron chi connectivity index (χ0n) is 15.2. The number of rotatable bonds is 3. The number of benzene rings is 2. The second-order valence-corrected chi connectivity index (χ2v) is 7.60. The summed E-state index contributed by atoms with van der Waals surface area (Å²) in [5.74, 6) is 0.0178. The van der Waals surface area contributed by atoms with Crippen LogP contribution in [0.3, 0.4) is 0 Å². The summed E-state index contributed by atoms with van der Waals surface area (Å²) >= 11 is 0. The van der Waals surface area contributed by atoms with Crippen LogP contribution in [0.1, 0.15) is 47.8 Å². The minimum absolute atomic E-state index is 0.0734. The zero-order valence-corrected chi connectivity index (χ0v) is 15.2. The summed E-state index contributed by atoms with van der Waals surface area (Å²) < 4.78 is 0. The Morgan fingerprint density at radius 2 is 1.80 bits per heavy atom. The first-order valence-corrected chi connectivity index (χ1v) is 8.53. The maximum atomic E-state index is 12.3. The maximum absolute atomic E-state index is 12.3. The van der Waals surface area contributed by atoms with E-state index < -0.39 is 0 Å². The lowest BCUT2D eigenvalue weighted by Crippen LogP contribution is -2.23. The monoisotopic (exact) mass is 336 g/mol. The highest BCUT2D eigenvalue weighted by atomic mass is 16.2. The van der Waals surface area contributed by atoms with Gasteiger partial charge in [0, 0.05) is 24.8 Å². The minimum atomic E-state index is -0.0887. The maximum Gasteiger partial charge on any atom is 0.251 e. The van der Waals surface area contributed by atoms with E-state index in [-0.39, 0.29) is 17.2 Å². The zero-order chi connectivity index (χ0) is 18.2. The van der Waals surface area contributed by atoms with Crippen molar-refractivity contribution >= 4 is 17.5 Å². The molecule has 1 heterocycles. The summed E-state index contributed by atoms with van der Waals surface area (Å²) in [5.41, 5.74) is 4.91. The quantitative estimate of drug-likeness (QED) is 0.933. The summed E-state index contributed by atoms with van der Waals surface area (Å²) in [4.78, 5) is 25.8. The Bertz CT molecular complexity index is 817. The summed E-state index contributed by atoms with van der Waals surface area (Å²) in [7, 11) is 1.79. The van der Waals surface area contributed by atoms with Crippen LogP contribution in [0.15, 0.2) is 42.5 Å². The highest BCUT2D eigenvalue weighted by Crippen LogP contribution is 2.28. The number of nitrogens with zero attached hydrogens (tertiary/aromatic N) is 1. The SMILES string of the molecule is CN1C(=O)Cc2cc(CNC(=O)c3ccc(C(C)(C)C)cc3)ccc21. The summed E-state index contributed by atoms with van der Waals surface area (Å²) in [6, 6.07) is 13.6. The Kier molecular flexibility index (Phi) is 4.38. The van der Waals surface area contributed by atoms with Gasteiger partial charge in [0.05, 0.1) is 6.42 Å². The number of carbonyl (C=O) groups excluding carboxylic acids is 2. The fraction of sp³-hybridized carbons (Fsp3) is 0.333. The number of likely N-dealkylation sites (N-methyl/N-ethyl adjacent to an activating group) is 1. The number of carbonyl (C=O) groups is 2. The van der Waals surface area contributed by atoms with Crippen LogP contribution in [-0.4, -0.2) is 18.9 Å². The van der Waals surface area contributed by atoms with Crippen LogP contribution in [-0.2, 0) is 23.2 Å². The molecule has 2 amide bonds. The van der Waals surface area contributed by atoms with Crippen LogP contribution in [0.4, 0.5) is 5.69 Å². The molecule has 0 fully saturated rings. The number of nitrogens with one attached hydrogen (secondary N) is 1. The summed E-state index contributed by atoms with van der Waals surface area (Å²) in [6.45, 7) is 6.90. The van der Waals surface area contributed by atoms with Crippen LogP contribution >= 0.6 is 0 Å². The number of amides is 2. The molecule has 0 atom stereocenters. The van der Waals surface area contributed by atoms with Crippen molar-refractivity contribution in [2.75, 3.05) is 11.9 Å². The standard InChI is InChI=1S/C21H24N2O2/c1-21(2,3)17-8-6-15(7-9-17)20(25)22-13-14-5-10-18-16(11-14)12-19(24)23(18)4/h5-11H,12-13H2,1-4H3,(H,22,25). The van der Waals surface area contributed by atoms with E-state index in [0.717, 1.165) is 16.8 Å². The van der Waals surface area contributed by atoms with Crippen LogP contribution in [0.25, 0.3) is 0 Å². The number of fused-ring (bicyclic) bond motifs is 1. The molecule has 0 spiro atoms. The molecule has 4 heteroatoms. The first-order chi connectivity index (χ1) is 11.8. The molecule has 0 bridgehead atoms. The van der Waals surface area contributed by atoms with Crippen molar-refractivity contribution in [2.24, 2.45) is 0 Å². The minimum Gasteiger partial charge on any atom is -0.348 e. The van der Waals surface area contributed by atoms with E-state index in [2.05, 4.69) is 26.1 Å². The molecule has 2 aromatic rings. The van der Waals surface area contributed by atoms with Gasteiger partial charge >= 0.3 is 0 Å². The Morgan fingerprint density at radius 1 is 1.12 bits per heavy atom. The van der Waals surface area contributed by atoms with E-state index in [1.54, 1.807) is 11.9 Å². The van der Waals surface area contributed by atoms with E-state index >= 15 is 0 Å². The van der Waals surface area contributed by atoms with E-state index in [9.17, 15) is 9.59 Å². The van der Waals surface area contributed by atoms with Gasteiger partial charge in [-0.05, 0) is 40.3 Å². The first kappa shape index (κ1) is 17.2. The Balaban J connectivity index is 1.65. The third-order valence-corrected chi connectivity index (χ3v) is 4.69. The smallest absolute Gasteiger partial charge is 0.251 e. The van der Waals surface area contributed by atoms with Gasteiger partial charge in [-0.15, -0.1) is 0 Å². The highest BCUT2D eigenvalue weighted by Gasteiger charge is 2.23. The molecule has 130 valence electrons. The van der Waals surface area contributed by atoms with Crippen molar-refractivity contribution < 1.29 is 9.59 Å². The van der Waals surface area contributed by atoms with Crippen molar-refractivity contribution in [1.29, 1.82) is 0 Å². The van der Waals surface area contributed by atoms with Gasteiger partial charge < -0.3 is 10.2 Å². The summed E-state index contributed by atoms with van der Waals surface area (Å²) in [5, 5.41) is 2.95. The average Bonchev–Trinajstić information content (AvgIpc) is 2.86. The fourth-order valence-corrected chi connectivity index (χ4v) is 3.04. The second kappa shape index (κ2) is 6.36. The molecule has 0 unspecified atom stereocenters. The Hall–Kier alpha value is -2.62. The van der Waals surface area contributed by atoms with Gasteiger partial charge in [0.25, 0.3) is 5.91 Å². The van der Waals surface area contributed by atoms with Gasteiger partial charge in [-0.3, -0.25) is 9.59 Å². The second-order valence-electron chi connectivity index (χ2n) is 7.60. The van der Waals surface area contributed by atoms with E-state index in [1.807, 2.05) is 42.5 Å². The predicted molar refractivity (Wildman–Crippen MR) is 99.9 cm³/mol. The van der Waals surface area contributed by atoms with E-state index in [1.165, 1.54) is 5.56 Å². The van der Waals surface area contributed by atoms with Gasteiger partial charge in [0.1, 0.15) is 0 Å². The predicted octanol–water partition coefficient (Wildman–Crippen LogP) is 3.43. The third-order valence-electron chi connectivity index (χ3n) is 4.69. The van der Waals surface area contributed by atoms with Gasteiger partial charge in [-0.1, -0.05) is 45.0 Å². The van der Waals surface area contributed by atoms with Crippen LogP contribution in [0, 0.1) is 0 Å². The molecule has 0 aliphatic carbocycles. The molecule has 4 nitrogen and oxygen atoms in total. The molecule has 0 aromatic heterocycles. The lowest BCUT2D eigenvalue weighted by Gasteiger charge is -2.19. The molecule has 2 aromatic carbocycles. The number of hydrogen-bond donors (Lipinski definition) is 1. The molecule has 1 aliphatic rings. The fourth-order valence-electron chi connectivity index (χ4n) is 3.04. The molecular formula is C21H24N2O2. The van der Waals surface area contributed by atoms with Crippen LogP contribution in [0.5, 0.6) is 0 Å². The lowest BCUT2D eigenvalue weighted by atomic mass is 9.87. The molecule has 1 aliphatic heterocycles. The van der Waals surface area contributed by atoms with E-state index in [0.29, 0.717) is 18.5 Å². The first-order valence-electron chi connectivity index (χ1n) is 8.53. The van der Waals surface area contributed by atoms with E-state index in [4.69, 9.17) is 0 Å². The van der Waals surface area contributed by atoms with Crippen LogP contribution in [0.2, 0.25) is 0 Å². The van der Waals surface area contributed by atoms with Gasteiger partial charge in [-0.2, -0.15) is 0 Å². The highest BCUT2D eigenvalue weighted by molar-refractivity contribution is 6.01. The lowest BCUT2D eigenvalue weighted by molar-refractivity contribution is -0.117. The van der Waals surface area contributed by atoms with Gasteiger partial charge in [0.15, 0.2) is 0 Å². The van der Waals surface area contributed by atoms with Gasteiger partial charge in [0.2, 0.25) is 5.91 Å². The molecule has 3 rings (SSSR count). The number of hydrogen-bond acceptors (Lipinski definition) is 2. The van der Waals surface area contributed by atoms with Gasteiger partial charge in [-0.25, -0.2) is 0 Å². The van der Waals surface area contributed by atoms with Crippen molar-refractivity contribution in [3.63, 3.8) is 0 Å². The largest absolute Gasteiger partial charge is 0.348 e. The Labute approximate surface area is 148 Å². The molecular weight excluding hydrogens is 312 g/mol. The summed E-state index contributed by atoms with van der Waals surface area (Å²) in [6.07, 6.45) is 0.432. The normalized spacial score (nSPS) is 13.8.